The number of rotatable bonds is 18. The van der Waals surface area contributed by atoms with Crippen molar-refractivity contribution < 1.29 is 14.7 Å². The Balaban J connectivity index is 3.30. The molecule has 0 aliphatic rings. The van der Waals surface area contributed by atoms with Gasteiger partial charge in [0.25, 0.3) is 0 Å². The van der Waals surface area contributed by atoms with Gasteiger partial charge in [0.1, 0.15) is 0 Å². The van der Waals surface area contributed by atoms with Crippen molar-refractivity contribution in [1.82, 2.24) is 0 Å². The normalized spacial score (nSPS) is 12.2. The largest absolute Gasteiger partial charge is 0.481 e. The van der Waals surface area contributed by atoms with Crippen LogP contribution in [0.4, 0.5) is 0 Å². The molecule has 0 spiro atoms. The number of hydrogen-bond donors (Lipinski definition) is 2. The molecule has 0 aromatic rings. The summed E-state index contributed by atoms with van der Waals surface area (Å²) in [5.41, 5.74) is 0. The second kappa shape index (κ2) is 17.3. The first-order chi connectivity index (χ1) is 11.6. The van der Waals surface area contributed by atoms with Gasteiger partial charge in [-0.25, -0.2) is 0 Å². The number of carboxylic acids is 1. The van der Waals surface area contributed by atoms with Crippen LogP contribution in [0.3, 0.4) is 0 Å². The highest BCUT2D eigenvalue weighted by atomic mass is 32.1. The average molecular weight is 359 g/mol. The van der Waals surface area contributed by atoms with Gasteiger partial charge in [-0.15, -0.1) is 12.6 Å². The molecule has 142 valence electrons. The monoisotopic (exact) mass is 358 g/mol. The van der Waals surface area contributed by atoms with Gasteiger partial charge in [0.05, 0.1) is 6.42 Å². The van der Waals surface area contributed by atoms with E-state index in [2.05, 4.69) is 19.6 Å². The fraction of sp³-hybridized carbons (Fsp3) is 0.900. The summed E-state index contributed by atoms with van der Waals surface area (Å²) in [5, 5.41) is 8.48. The van der Waals surface area contributed by atoms with E-state index in [0.29, 0.717) is 6.42 Å². The van der Waals surface area contributed by atoms with Crippen molar-refractivity contribution in [2.75, 3.05) is 0 Å². The van der Waals surface area contributed by atoms with Gasteiger partial charge in [0, 0.05) is 5.92 Å². The molecule has 1 unspecified atom stereocenters. The lowest BCUT2D eigenvalue weighted by molar-refractivity contribution is -0.139. The van der Waals surface area contributed by atoms with Crippen LogP contribution in [0.2, 0.25) is 0 Å². The Bertz CT molecular complexity index is 318. The van der Waals surface area contributed by atoms with Gasteiger partial charge in [0.2, 0.25) is 0 Å². The summed E-state index contributed by atoms with van der Waals surface area (Å²) in [4.78, 5) is 21.9. The standard InChI is InChI=1S/C20H38O3S/c1-2-3-4-5-6-7-8-9-10-11-12-13-14-15-16-18(20(23)24)17-19(21)22/h18H,2-17H2,1H3,(H,21,22)(H,23,24). The fourth-order valence-corrected chi connectivity index (χ4v) is 3.33. The number of unbranched alkanes of at least 4 members (excludes halogenated alkanes) is 13. The van der Waals surface area contributed by atoms with E-state index in [4.69, 9.17) is 5.11 Å². The summed E-state index contributed by atoms with van der Waals surface area (Å²) in [7, 11) is 0. The van der Waals surface area contributed by atoms with Crippen molar-refractivity contribution in [1.29, 1.82) is 0 Å². The third kappa shape index (κ3) is 16.4. The zero-order valence-corrected chi connectivity index (χ0v) is 16.5. The summed E-state index contributed by atoms with van der Waals surface area (Å²) in [6.07, 6.45) is 18.8. The van der Waals surface area contributed by atoms with Gasteiger partial charge in [-0.1, -0.05) is 96.8 Å². The average Bonchev–Trinajstić information content (AvgIpc) is 2.53. The van der Waals surface area contributed by atoms with E-state index >= 15 is 0 Å². The lowest BCUT2D eigenvalue weighted by Crippen LogP contribution is -2.14. The molecule has 24 heavy (non-hydrogen) atoms. The first-order valence-electron chi connectivity index (χ1n) is 10.0. The van der Waals surface area contributed by atoms with Crippen molar-refractivity contribution in [2.45, 2.75) is 110 Å². The summed E-state index contributed by atoms with van der Waals surface area (Å²) >= 11 is 3.79. The van der Waals surface area contributed by atoms with Gasteiger partial charge < -0.3 is 5.11 Å². The molecule has 4 heteroatoms. The van der Waals surface area contributed by atoms with Gasteiger partial charge in [-0.05, 0) is 6.42 Å². The maximum absolute atomic E-state index is 11.2. The number of hydrogen-bond acceptors (Lipinski definition) is 2. The van der Waals surface area contributed by atoms with Crippen LogP contribution in [0, 0.1) is 5.92 Å². The quantitative estimate of drug-likeness (QED) is 0.220. The van der Waals surface area contributed by atoms with Gasteiger partial charge in [-0.2, -0.15) is 0 Å². The van der Waals surface area contributed by atoms with E-state index < -0.39 is 11.9 Å². The molecule has 0 rings (SSSR count). The van der Waals surface area contributed by atoms with E-state index in [-0.39, 0.29) is 11.5 Å². The minimum Gasteiger partial charge on any atom is -0.481 e. The van der Waals surface area contributed by atoms with E-state index in [1.807, 2.05) is 0 Å². The number of carbonyl (C=O) groups excluding carboxylic acids is 1. The fourth-order valence-electron chi connectivity index (χ4n) is 3.11. The summed E-state index contributed by atoms with van der Waals surface area (Å²) < 4.78 is 0. The topological polar surface area (TPSA) is 54.4 Å². The zero-order chi connectivity index (χ0) is 18.0. The molecule has 0 amide bonds. The molecule has 1 atom stereocenters. The van der Waals surface area contributed by atoms with Crippen LogP contribution in [0.25, 0.3) is 0 Å². The van der Waals surface area contributed by atoms with Crippen molar-refractivity contribution in [3.05, 3.63) is 0 Å². The Labute approximate surface area is 154 Å². The molecule has 0 heterocycles. The maximum atomic E-state index is 11.2. The summed E-state index contributed by atoms with van der Waals surface area (Å²) in [6.45, 7) is 2.26. The minimum absolute atomic E-state index is 0.0826. The van der Waals surface area contributed by atoms with Crippen LogP contribution >= 0.6 is 12.6 Å². The van der Waals surface area contributed by atoms with Crippen LogP contribution in [0.5, 0.6) is 0 Å². The molecule has 0 radical (unpaired) electrons. The molecule has 0 saturated heterocycles. The second-order valence-corrected chi connectivity index (χ2v) is 7.46. The highest BCUT2D eigenvalue weighted by Crippen LogP contribution is 2.18. The maximum Gasteiger partial charge on any atom is 0.304 e. The second-order valence-electron chi connectivity index (χ2n) is 7.02. The van der Waals surface area contributed by atoms with Gasteiger partial charge in [-0.3, -0.25) is 9.59 Å². The van der Waals surface area contributed by atoms with Crippen LogP contribution < -0.4 is 0 Å². The third-order valence-corrected chi connectivity index (χ3v) is 5.04. The molecule has 0 fully saturated rings. The summed E-state index contributed by atoms with van der Waals surface area (Å²) in [5.74, 6) is -1.32. The smallest absolute Gasteiger partial charge is 0.304 e. The lowest BCUT2D eigenvalue weighted by Gasteiger charge is -2.10. The molecule has 0 aromatic heterocycles. The lowest BCUT2D eigenvalue weighted by atomic mass is 9.98. The minimum atomic E-state index is -0.909. The van der Waals surface area contributed by atoms with Crippen molar-refractivity contribution in [3.8, 4) is 0 Å². The van der Waals surface area contributed by atoms with Crippen molar-refractivity contribution >= 4 is 23.7 Å². The Morgan fingerprint density at radius 3 is 1.46 bits per heavy atom. The summed E-state index contributed by atoms with van der Waals surface area (Å²) in [6, 6.07) is 0. The predicted octanol–water partition coefficient (Wildman–Crippen LogP) is 6.41. The molecule has 3 nitrogen and oxygen atoms in total. The van der Waals surface area contributed by atoms with Gasteiger partial charge >= 0.3 is 5.97 Å². The predicted molar refractivity (Wildman–Crippen MR) is 105 cm³/mol. The van der Waals surface area contributed by atoms with Crippen LogP contribution in [0.15, 0.2) is 0 Å². The number of thiol groups is 1. The molecule has 0 aromatic carbocycles. The number of carboxylic acid groups (broad SMARTS) is 1. The molecule has 0 bridgehead atoms. The Morgan fingerprint density at radius 2 is 1.12 bits per heavy atom. The van der Waals surface area contributed by atoms with Crippen molar-refractivity contribution in [3.63, 3.8) is 0 Å². The Hall–Kier alpha value is -0.510. The molecule has 1 N–H and O–H groups in total. The van der Waals surface area contributed by atoms with E-state index in [9.17, 15) is 9.59 Å². The van der Waals surface area contributed by atoms with Crippen LogP contribution in [-0.2, 0) is 9.59 Å². The molecular formula is C20H38O3S. The van der Waals surface area contributed by atoms with E-state index in [1.165, 1.54) is 77.0 Å². The van der Waals surface area contributed by atoms with Crippen LogP contribution in [-0.4, -0.2) is 16.2 Å². The Morgan fingerprint density at radius 1 is 0.750 bits per heavy atom. The molecular weight excluding hydrogens is 320 g/mol. The molecule has 0 aliphatic carbocycles. The highest BCUT2D eigenvalue weighted by Gasteiger charge is 2.18. The SMILES string of the molecule is CCCCCCCCCCCCCCCCC(CC(=O)O)C(=O)S. The van der Waals surface area contributed by atoms with Gasteiger partial charge in [0.15, 0.2) is 5.12 Å². The zero-order valence-electron chi connectivity index (χ0n) is 15.6. The molecule has 0 saturated carbocycles. The first kappa shape index (κ1) is 23.5. The number of aliphatic carboxylic acids is 1. The number of carbonyl (C=O) groups is 2. The highest BCUT2D eigenvalue weighted by molar-refractivity contribution is 7.96. The van der Waals surface area contributed by atoms with E-state index in [0.717, 1.165) is 12.8 Å². The third-order valence-electron chi connectivity index (χ3n) is 4.68. The first-order valence-corrected chi connectivity index (χ1v) is 10.5. The Kier molecular flexibility index (Phi) is 16.9. The van der Waals surface area contributed by atoms with E-state index in [1.54, 1.807) is 0 Å². The van der Waals surface area contributed by atoms with Crippen LogP contribution in [0.1, 0.15) is 110 Å². The molecule has 0 aliphatic heterocycles. The van der Waals surface area contributed by atoms with Crippen molar-refractivity contribution in [2.24, 2.45) is 5.92 Å².